The first-order chi connectivity index (χ1) is 28.2. The first-order valence-corrected chi connectivity index (χ1v) is 19.6. The number of nitrogens with zero attached hydrogens (tertiary/aromatic N) is 1. The van der Waals surface area contributed by atoms with E-state index in [1.165, 1.54) is 77.2 Å². The smallest absolute Gasteiger partial charge is 0.0462 e. The van der Waals surface area contributed by atoms with Gasteiger partial charge in [0, 0.05) is 17.1 Å². The van der Waals surface area contributed by atoms with Crippen LogP contribution < -0.4 is 4.90 Å². The SMILES string of the molecule is c1ccc(-c2ccc(N(c3ccc(-c4ccccc4)cc3)c3ccc(-c4ccc(-c5ccc6c(-c7ccccc7)cc7ccccc7c6c5)cc4)cc3)cc2)cc1. The van der Waals surface area contributed by atoms with Crippen LogP contribution in [0.2, 0.25) is 0 Å². The zero-order valence-electron chi connectivity index (χ0n) is 31.5. The molecular weight excluding hydrogens is 687 g/mol. The van der Waals surface area contributed by atoms with Gasteiger partial charge in [0.25, 0.3) is 0 Å². The van der Waals surface area contributed by atoms with Gasteiger partial charge in [0.1, 0.15) is 0 Å². The first kappa shape index (κ1) is 34.0. The molecular formula is C56H39N. The zero-order chi connectivity index (χ0) is 38.0. The van der Waals surface area contributed by atoms with Crippen LogP contribution in [0.3, 0.4) is 0 Å². The third-order valence-corrected chi connectivity index (χ3v) is 11.1. The molecule has 10 aromatic rings. The number of benzene rings is 10. The molecule has 1 nitrogen and oxygen atoms in total. The van der Waals surface area contributed by atoms with Gasteiger partial charge >= 0.3 is 0 Å². The quantitative estimate of drug-likeness (QED) is 0.141. The third-order valence-electron chi connectivity index (χ3n) is 11.1. The van der Waals surface area contributed by atoms with Crippen molar-refractivity contribution in [2.24, 2.45) is 0 Å². The Morgan fingerprint density at radius 2 is 0.561 bits per heavy atom. The molecule has 0 N–H and O–H groups in total. The second-order valence-electron chi connectivity index (χ2n) is 14.6. The molecule has 57 heavy (non-hydrogen) atoms. The van der Waals surface area contributed by atoms with Gasteiger partial charge in [0.2, 0.25) is 0 Å². The fourth-order valence-corrected chi connectivity index (χ4v) is 8.11. The predicted molar refractivity (Wildman–Crippen MR) is 243 cm³/mol. The fourth-order valence-electron chi connectivity index (χ4n) is 8.11. The lowest BCUT2D eigenvalue weighted by Crippen LogP contribution is -2.09. The van der Waals surface area contributed by atoms with Gasteiger partial charge in [-0.3, -0.25) is 0 Å². The van der Waals surface area contributed by atoms with Crippen molar-refractivity contribution in [1.82, 2.24) is 0 Å². The molecule has 0 aliphatic carbocycles. The minimum atomic E-state index is 1.11. The van der Waals surface area contributed by atoms with Crippen molar-refractivity contribution in [3.05, 3.63) is 237 Å². The minimum absolute atomic E-state index is 1.11. The maximum Gasteiger partial charge on any atom is 0.0462 e. The Hall–Kier alpha value is -7.48. The van der Waals surface area contributed by atoms with Gasteiger partial charge in [-0.1, -0.05) is 188 Å². The van der Waals surface area contributed by atoms with Crippen molar-refractivity contribution in [2.45, 2.75) is 0 Å². The summed E-state index contributed by atoms with van der Waals surface area (Å²) in [7, 11) is 0. The number of anilines is 3. The van der Waals surface area contributed by atoms with E-state index in [0.29, 0.717) is 0 Å². The minimum Gasteiger partial charge on any atom is -0.311 e. The Morgan fingerprint density at radius 1 is 0.211 bits per heavy atom. The number of hydrogen-bond acceptors (Lipinski definition) is 1. The summed E-state index contributed by atoms with van der Waals surface area (Å²) in [5, 5.41) is 5.08. The first-order valence-electron chi connectivity index (χ1n) is 19.6. The van der Waals surface area contributed by atoms with E-state index in [0.717, 1.165) is 17.1 Å². The highest BCUT2D eigenvalue weighted by Crippen LogP contribution is 2.40. The molecule has 0 fully saturated rings. The van der Waals surface area contributed by atoms with Gasteiger partial charge in [0.15, 0.2) is 0 Å². The Morgan fingerprint density at radius 3 is 1.04 bits per heavy atom. The normalized spacial score (nSPS) is 11.2. The maximum absolute atomic E-state index is 2.36. The average Bonchev–Trinajstić information content (AvgIpc) is 3.30. The van der Waals surface area contributed by atoms with Crippen LogP contribution >= 0.6 is 0 Å². The Bertz CT molecular complexity index is 2850. The molecule has 10 rings (SSSR count). The number of fused-ring (bicyclic) bond motifs is 3. The molecule has 0 aromatic heterocycles. The van der Waals surface area contributed by atoms with Crippen molar-refractivity contribution >= 4 is 38.6 Å². The molecule has 0 radical (unpaired) electrons. The van der Waals surface area contributed by atoms with E-state index in [4.69, 9.17) is 0 Å². The largest absolute Gasteiger partial charge is 0.311 e. The van der Waals surface area contributed by atoms with Gasteiger partial charge in [-0.15, -0.1) is 0 Å². The molecule has 0 aliphatic rings. The molecule has 0 atom stereocenters. The molecule has 0 amide bonds. The average molecular weight is 726 g/mol. The second kappa shape index (κ2) is 15.0. The predicted octanol–water partition coefficient (Wildman–Crippen LogP) is 15.8. The van der Waals surface area contributed by atoms with E-state index in [-0.39, 0.29) is 0 Å². The van der Waals surface area contributed by atoms with Crippen LogP contribution in [0.5, 0.6) is 0 Å². The van der Waals surface area contributed by atoms with Gasteiger partial charge in [-0.25, -0.2) is 0 Å². The monoisotopic (exact) mass is 725 g/mol. The van der Waals surface area contributed by atoms with E-state index >= 15 is 0 Å². The van der Waals surface area contributed by atoms with Crippen LogP contribution in [-0.4, -0.2) is 0 Å². The van der Waals surface area contributed by atoms with Crippen molar-refractivity contribution in [2.75, 3.05) is 4.90 Å². The number of hydrogen-bond donors (Lipinski definition) is 0. The second-order valence-corrected chi connectivity index (χ2v) is 14.6. The number of rotatable bonds is 8. The Balaban J connectivity index is 0.965. The molecule has 10 aromatic carbocycles. The van der Waals surface area contributed by atoms with Gasteiger partial charge in [0.05, 0.1) is 0 Å². The molecule has 0 spiro atoms. The highest BCUT2D eigenvalue weighted by Gasteiger charge is 2.15. The fraction of sp³-hybridized carbons (Fsp3) is 0. The van der Waals surface area contributed by atoms with E-state index < -0.39 is 0 Å². The van der Waals surface area contributed by atoms with E-state index in [2.05, 4.69) is 241 Å². The summed E-state index contributed by atoms with van der Waals surface area (Å²) in [6, 6.07) is 85.5. The summed E-state index contributed by atoms with van der Waals surface area (Å²) in [6.45, 7) is 0. The lowest BCUT2D eigenvalue weighted by molar-refractivity contribution is 1.28. The Labute approximate surface area is 334 Å². The Kier molecular flexibility index (Phi) is 8.95. The molecule has 0 saturated heterocycles. The summed E-state index contributed by atoms with van der Waals surface area (Å²) in [5.74, 6) is 0. The summed E-state index contributed by atoms with van der Waals surface area (Å²) in [6.07, 6.45) is 0. The van der Waals surface area contributed by atoms with Crippen molar-refractivity contribution < 1.29 is 0 Å². The van der Waals surface area contributed by atoms with Crippen LogP contribution in [0.4, 0.5) is 17.1 Å². The van der Waals surface area contributed by atoms with Gasteiger partial charge in [-0.05, 0) is 126 Å². The molecule has 1 heteroatoms. The topological polar surface area (TPSA) is 3.24 Å². The van der Waals surface area contributed by atoms with Crippen LogP contribution in [0.15, 0.2) is 237 Å². The van der Waals surface area contributed by atoms with Crippen LogP contribution in [-0.2, 0) is 0 Å². The standard InChI is InChI=1S/C56H39N/c1-4-12-40(13-5-1)43-24-31-50(32-25-43)57(51-33-26-44(27-34-51)41-14-6-2-7-15-41)52-35-28-45(29-36-52)42-20-22-46(23-21-42)48-30-37-54-55(47-16-8-3-9-17-47)39-49-18-10-11-19-53(49)56(54)38-48/h1-39H. The van der Waals surface area contributed by atoms with Crippen LogP contribution in [0.1, 0.15) is 0 Å². The molecule has 0 saturated carbocycles. The van der Waals surface area contributed by atoms with Crippen molar-refractivity contribution in [1.29, 1.82) is 0 Å². The highest BCUT2D eigenvalue weighted by atomic mass is 15.1. The lowest BCUT2D eigenvalue weighted by Gasteiger charge is -2.26. The van der Waals surface area contributed by atoms with E-state index in [1.54, 1.807) is 0 Å². The van der Waals surface area contributed by atoms with E-state index in [1.807, 2.05) is 0 Å². The van der Waals surface area contributed by atoms with Gasteiger partial charge < -0.3 is 4.90 Å². The molecule has 0 aliphatic heterocycles. The van der Waals surface area contributed by atoms with Gasteiger partial charge in [-0.2, -0.15) is 0 Å². The molecule has 0 heterocycles. The highest BCUT2D eigenvalue weighted by molar-refractivity contribution is 6.14. The third kappa shape index (κ3) is 6.77. The van der Waals surface area contributed by atoms with Crippen LogP contribution in [0.25, 0.3) is 77.2 Å². The molecule has 268 valence electrons. The summed E-state index contributed by atoms with van der Waals surface area (Å²) in [5.41, 5.74) is 15.4. The maximum atomic E-state index is 2.36. The molecule has 0 bridgehead atoms. The van der Waals surface area contributed by atoms with E-state index in [9.17, 15) is 0 Å². The van der Waals surface area contributed by atoms with Crippen LogP contribution in [0, 0.1) is 0 Å². The summed E-state index contributed by atoms with van der Waals surface area (Å²) < 4.78 is 0. The summed E-state index contributed by atoms with van der Waals surface area (Å²) >= 11 is 0. The molecule has 0 unspecified atom stereocenters. The zero-order valence-corrected chi connectivity index (χ0v) is 31.5. The summed E-state index contributed by atoms with van der Waals surface area (Å²) in [4.78, 5) is 2.34. The van der Waals surface area contributed by atoms with Crippen molar-refractivity contribution in [3.8, 4) is 55.6 Å². The lowest BCUT2D eigenvalue weighted by atomic mass is 9.91. The van der Waals surface area contributed by atoms with Crippen molar-refractivity contribution in [3.63, 3.8) is 0 Å².